The first-order valence-electron chi connectivity index (χ1n) is 5.93. The van der Waals surface area contributed by atoms with E-state index in [0.29, 0.717) is 12.1 Å². The predicted octanol–water partition coefficient (Wildman–Crippen LogP) is 2.23. The average molecular weight is 313 g/mol. The number of hydrogen-bond acceptors (Lipinski definition) is 2. The van der Waals surface area contributed by atoms with Crippen molar-refractivity contribution in [2.24, 2.45) is 5.73 Å². The number of amides is 1. The molecule has 1 aromatic carbocycles. The monoisotopic (exact) mass is 313 g/mol. The lowest BCUT2D eigenvalue weighted by Crippen LogP contribution is -2.18. The van der Waals surface area contributed by atoms with Gasteiger partial charge in [-0.3, -0.25) is 9.59 Å². The number of hydrogen-bond donors (Lipinski definition) is 2. The highest BCUT2D eigenvalue weighted by molar-refractivity contribution is 5.94. The van der Waals surface area contributed by atoms with Gasteiger partial charge in [-0.15, -0.1) is 0 Å². The first kappa shape index (κ1) is 15.7. The number of pyridine rings is 1. The van der Waals surface area contributed by atoms with Crippen molar-refractivity contribution in [2.75, 3.05) is 0 Å². The van der Waals surface area contributed by atoms with Crippen LogP contribution in [-0.4, -0.2) is 10.9 Å². The van der Waals surface area contributed by atoms with Crippen molar-refractivity contribution in [3.63, 3.8) is 0 Å². The Balaban J connectivity index is 2.40. The standard InChI is InChI=1S/C14H9F4N2O2/c15-10-5-7(1-3-9(10)14(16,17)18)6-11-8(13(19)22)2-4-12(21)20-11/h1-6H,(H2,19,22)(H,20,21). The minimum atomic E-state index is -4.80. The quantitative estimate of drug-likeness (QED) is 0.853. The Kier molecular flexibility index (Phi) is 4.03. The summed E-state index contributed by atoms with van der Waals surface area (Å²) in [5.74, 6) is -2.30. The number of halogens is 4. The zero-order chi connectivity index (χ0) is 16.5. The van der Waals surface area contributed by atoms with E-state index in [0.717, 1.165) is 18.6 Å². The molecule has 3 N–H and O–H groups in total. The molecule has 22 heavy (non-hydrogen) atoms. The number of nitrogens with two attached hydrogens (primary N) is 1. The summed E-state index contributed by atoms with van der Waals surface area (Å²) in [5.41, 5.74) is 3.17. The van der Waals surface area contributed by atoms with Crippen molar-refractivity contribution in [1.82, 2.24) is 4.98 Å². The lowest BCUT2D eigenvalue weighted by atomic mass is 10.0. The van der Waals surface area contributed by atoms with Crippen LogP contribution >= 0.6 is 0 Å². The molecule has 1 heterocycles. The first-order valence-corrected chi connectivity index (χ1v) is 5.93. The Morgan fingerprint density at radius 3 is 2.41 bits per heavy atom. The molecule has 2 aromatic rings. The second kappa shape index (κ2) is 5.63. The number of carbonyl (C=O) groups is 1. The molecular formula is C14H9F4N2O2. The predicted molar refractivity (Wildman–Crippen MR) is 69.5 cm³/mol. The average Bonchev–Trinajstić information content (AvgIpc) is 2.36. The molecule has 1 amide bonds. The van der Waals surface area contributed by atoms with Crippen LogP contribution < -0.4 is 11.3 Å². The van der Waals surface area contributed by atoms with Crippen molar-refractivity contribution in [3.05, 3.63) is 75.3 Å². The van der Waals surface area contributed by atoms with E-state index >= 15 is 0 Å². The molecule has 0 aliphatic heterocycles. The maximum Gasteiger partial charge on any atom is 0.419 e. The number of benzene rings is 1. The van der Waals surface area contributed by atoms with Gasteiger partial charge in [0.05, 0.1) is 11.1 Å². The van der Waals surface area contributed by atoms with Crippen molar-refractivity contribution in [3.8, 4) is 0 Å². The van der Waals surface area contributed by atoms with Crippen molar-refractivity contribution in [2.45, 2.75) is 6.18 Å². The molecule has 115 valence electrons. The highest BCUT2D eigenvalue weighted by Gasteiger charge is 2.33. The molecule has 8 heteroatoms. The lowest BCUT2D eigenvalue weighted by molar-refractivity contribution is -0.140. The number of carbonyl (C=O) groups excluding carboxylic acids is 1. The van der Waals surface area contributed by atoms with E-state index in [-0.39, 0.29) is 16.8 Å². The third kappa shape index (κ3) is 3.33. The fourth-order valence-electron chi connectivity index (χ4n) is 1.84. The highest BCUT2D eigenvalue weighted by atomic mass is 19.4. The number of rotatable bonds is 3. The van der Waals surface area contributed by atoms with Crippen LogP contribution in [0.15, 0.2) is 35.1 Å². The summed E-state index contributed by atoms with van der Waals surface area (Å²) in [6.45, 7) is 0. The molecule has 0 unspecified atom stereocenters. The van der Waals surface area contributed by atoms with E-state index < -0.39 is 29.0 Å². The van der Waals surface area contributed by atoms with Crippen LogP contribution in [0.25, 0.3) is 0 Å². The first-order chi connectivity index (χ1) is 10.2. The number of aromatic nitrogens is 1. The zero-order valence-corrected chi connectivity index (χ0v) is 10.9. The van der Waals surface area contributed by atoms with E-state index in [1.54, 1.807) is 0 Å². The molecule has 1 radical (unpaired) electrons. The third-order valence-electron chi connectivity index (χ3n) is 2.82. The van der Waals surface area contributed by atoms with Gasteiger partial charge in [0, 0.05) is 18.2 Å². The van der Waals surface area contributed by atoms with Crippen molar-refractivity contribution in [1.29, 1.82) is 0 Å². The minimum Gasteiger partial charge on any atom is -0.366 e. The molecule has 0 aliphatic rings. The summed E-state index contributed by atoms with van der Waals surface area (Å²) in [5, 5.41) is 0. The molecule has 2 rings (SSSR count). The number of nitrogens with one attached hydrogen (secondary N) is 1. The van der Waals surface area contributed by atoms with Gasteiger partial charge < -0.3 is 10.7 Å². The third-order valence-corrected chi connectivity index (χ3v) is 2.82. The summed E-state index contributed by atoms with van der Waals surface area (Å²) in [4.78, 5) is 24.8. The van der Waals surface area contributed by atoms with E-state index in [4.69, 9.17) is 5.73 Å². The summed E-state index contributed by atoms with van der Waals surface area (Å²) >= 11 is 0. The van der Waals surface area contributed by atoms with E-state index in [1.165, 1.54) is 6.07 Å². The molecule has 0 bridgehead atoms. The fraction of sp³-hybridized carbons (Fsp3) is 0.0714. The van der Waals surface area contributed by atoms with Crippen LogP contribution in [-0.2, 0) is 6.18 Å². The van der Waals surface area contributed by atoms with E-state index in [1.807, 2.05) is 0 Å². The van der Waals surface area contributed by atoms with Gasteiger partial charge in [0.1, 0.15) is 5.82 Å². The molecule has 4 nitrogen and oxygen atoms in total. The maximum atomic E-state index is 13.5. The van der Waals surface area contributed by atoms with Crippen LogP contribution in [0.4, 0.5) is 17.6 Å². The normalized spacial score (nSPS) is 11.5. The van der Waals surface area contributed by atoms with Crippen LogP contribution in [0, 0.1) is 12.2 Å². The highest BCUT2D eigenvalue weighted by Crippen LogP contribution is 2.32. The molecule has 0 saturated heterocycles. The van der Waals surface area contributed by atoms with Gasteiger partial charge in [-0.2, -0.15) is 13.2 Å². The van der Waals surface area contributed by atoms with Gasteiger partial charge in [-0.1, -0.05) is 6.07 Å². The Bertz CT molecular complexity index is 781. The van der Waals surface area contributed by atoms with Gasteiger partial charge in [0.2, 0.25) is 11.5 Å². The van der Waals surface area contributed by atoms with Crippen LogP contribution in [0.1, 0.15) is 27.2 Å². The topological polar surface area (TPSA) is 76.0 Å². The van der Waals surface area contributed by atoms with Crippen molar-refractivity contribution >= 4 is 5.91 Å². The molecule has 0 atom stereocenters. The SMILES string of the molecule is NC(=O)c1ccc(=O)[nH]c1[CH]c1ccc(C(F)(F)F)c(F)c1. The Morgan fingerprint density at radius 1 is 1.18 bits per heavy atom. The fourth-order valence-corrected chi connectivity index (χ4v) is 1.84. The zero-order valence-electron chi connectivity index (χ0n) is 10.9. The Labute approximate surface area is 121 Å². The maximum absolute atomic E-state index is 13.5. The van der Waals surface area contributed by atoms with Crippen LogP contribution in [0.5, 0.6) is 0 Å². The van der Waals surface area contributed by atoms with Crippen LogP contribution in [0.2, 0.25) is 0 Å². The van der Waals surface area contributed by atoms with Gasteiger partial charge in [0.25, 0.3) is 0 Å². The smallest absolute Gasteiger partial charge is 0.366 e. The number of primary amides is 1. The molecule has 0 saturated carbocycles. The van der Waals surface area contributed by atoms with Gasteiger partial charge in [-0.05, 0) is 23.8 Å². The second-order valence-electron chi connectivity index (χ2n) is 4.40. The Hall–Kier alpha value is -2.64. The van der Waals surface area contributed by atoms with Gasteiger partial charge >= 0.3 is 6.18 Å². The Morgan fingerprint density at radius 2 is 1.86 bits per heavy atom. The summed E-state index contributed by atoms with van der Waals surface area (Å²) in [6, 6.07) is 4.49. The van der Waals surface area contributed by atoms with E-state index in [9.17, 15) is 27.2 Å². The van der Waals surface area contributed by atoms with Crippen LogP contribution in [0.3, 0.4) is 0 Å². The lowest BCUT2D eigenvalue weighted by Gasteiger charge is -2.10. The molecule has 0 spiro atoms. The van der Waals surface area contributed by atoms with Gasteiger partial charge in [0.15, 0.2) is 0 Å². The number of H-pyrrole nitrogens is 1. The molecule has 0 fully saturated rings. The van der Waals surface area contributed by atoms with E-state index in [2.05, 4.69) is 4.98 Å². The summed E-state index contributed by atoms with van der Waals surface area (Å²) in [6.07, 6.45) is -3.65. The second-order valence-corrected chi connectivity index (χ2v) is 4.40. The molecule has 0 aliphatic carbocycles. The molecular weight excluding hydrogens is 304 g/mol. The van der Waals surface area contributed by atoms with Crippen molar-refractivity contribution < 1.29 is 22.4 Å². The number of alkyl halides is 3. The van der Waals surface area contributed by atoms with Gasteiger partial charge in [-0.25, -0.2) is 4.39 Å². The number of aromatic amines is 1. The largest absolute Gasteiger partial charge is 0.419 e. The summed E-state index contributed by atoms with van der Waals surface area (Å²) < 4.78 is 50.9. The molecule has 1 aromatic heterocycles. The minimum absolute atomic E-state index is 0.0147. The summed E-state index contributed by atoms with van der Waals surface area (Å²) in [7, 11) is 0.